The third-order valence-electron chi connectivity index (χ3n) is 4.29. The molecule has 0 spiro atoms. The second-order valence-corrected chi connectivity index (χ2v) is 6.04. The Balaban J connectivity index is 1.75. The minimum atomic E-state index is 0.263. The molecule has 1 saturated carbocycles. The highest BCUT2D eigenvalue weighted by atomic mass is 32.1. The van der Waals surface area contributed by atoms with Crippen LogP contribution < -0.4 is 5.32 Å². The quantitative estimate of drug-likeness (QED) is 0.780. The number of hydrogen-bond donors (Lipinski definition) is 1. The molecule has 2 aliphatic rings. The van der Waals surface area contributed by atoms with Crippen molar-refractivity contribution in [2.45, 2.75) is 57.9 Å². The third-order valence-corrected chi connectivity index (χ3v) is 4.67. The first-order valence-corrected chi connectivity index (χ1v) is 7.63. The fraction of sp³-hybridized carbons (Fsp3) is 0.857. The Morgan fingerprint density at radius 2 is 1.72 bits per heavy atom. The van der Waals surface area contributed by atoms with Crippen molar-refractivity contribution in [1.82, 2.24) is 10.2 Å². The van der Waals surface area contributed by atoms with Crippen molar-refractivity contribution < 1.29 is 4.79 Å². The lowest BCUT2D eigenvalue weighted by Crippen LogP contribution is -2.48. The number of carbonyl (C=O) groups is 1. The SMILES string of the molecule is CC(=O)C1CCN(C(=S)NC2CCCCC2)CC1. The number of hydrogen-bond acceptors (Lipinski definition) is 2. The van der Waals surface area contributed by atoms with Crippen LogP contribution in [0.1, 0.15) is 51.9 Å². The molecule has 0 atom stereocenters. The summed E-state index contributed by atoms with van der Waals surface area (Å²) in [7, 11) is 0. The van der Waals surface area contributed by atoms with Gasteiger partial charge in [0, 0.05) is 25.0 Å². The van der Waals surface area contributed by atoms with E-state index in [1.807, 2.05) is 0 Å². The van der Waals surface area contributed by atoms with Gasteiger partial charge in [0.1, 0.15) is 5.78 Å². The molecule has 0 aromatic heterocycles. The predicted octanol–water partition coefficient (Wildman–Crippen LogP) is 2.49. The molecular weight excluding hydrogens is 244 g/mol. The van der Waals surface area contributed by atoms with E-state index >= 15 is 0 Å². The van der Waals surface area contributed by atoms with Crippen molar-refractivity contribution in [2.24, 2.45) is 5.92 Å². The molecule has 1 heterocycles. The zero-order valence-electron chi connectivity index (χ0n) is 11.3. The van der Waals surface area contributed by atoms with Gasteiger partial charge in [0.15, 0.2) is 5.11 Å². The van der Waals surface area contributed by atoms with Gasteiger partial charge in [0.2, 0.25) is 0 Å². The van der Waals surface area contributed by atoms with Crippen molar-refractivity contribution in [3.63, 3.8) is 0 Å². The summed E-state index contributed by atoms with van der Waals surface area (Å²) in [5.74, 6) is 0.597. The van der Waals surface area contributed by atoms with Crippen LogP contribution in [0.4, 0.5) is 0 Å². The van der Waals surface area contributed by atoms with Gasteiger partial charge in [-0.05, 0) is 44.8 Å². The molecule has 3 nitrogen and oxygen atoms in total. The molecule has 1 saturated heterocycles. The van der Waals surface area contributed by atoms with Gasteiger partial charge in [-0.2, -0.15) is 0 Å². The molecule has 102 valence electrons. The maximum Gasteiger partial charge on any atom is 0.169 e. The van der Waals surface area contributed by atoms with Crippen molar-refractivity contribution >= 4 is 23.1 Å². The molecule has 0 unspecified atom stereocenters. The number of nitrogens with one attached hydrogen (secondary N) is 1. The van der Waals surface area contributed by atoms with Gasteiger partial charge in [-0.25, -0.2) is 0 Å². The summed E-state index contributed by atoms with van der Waals surface area (Å²) in [5.41, 5.74) is 0. The second kappa shape index (κ2) is 6.50. The summed E-state index contributed by atoms with van der Waals surface area (Å²) in [5, 5.41) is 4.41. The summed E-state index contributed by atoms with van der Waals surface area (Å²) in [6.07, 6.45) is 8.45. The number of nitrogens with zero attached hydrogens (tertiary/aromatic N) is 1. The lowest BCUT2D eigenvalue weighted by molar-refractivity contribution is -0.121. The highest BCUT2D eigenvalue weighted by molar-refractivity contribution is 7.80. The van der Waals surface area contributed by atoms with Gasteiger partial charge in [0.05, 0.1) is 0 Å². The first-order chi connectivity index (χ1) is 8.66. The first-order valence-electron chi connectivity index (χ1n) is 7.22. The predicted molar refractivity (Wildman–Crippen MR) is 77.6 cm³/mol. The Hall–Kier alpha value is -0.640. The molecule has 1 aliphatic heterocycles. The van der Waals surface area contributed by atoms with E-state index in [2.05, 4.69) is 10.2 Å². The standard InChI is InChI=1S/C14H24N2OS/c1-11(17)12-7-9-16(10-8-12)14(18)15-13-5-3-2-4-6-13/h12-13H,2-10H2,1H3,(H,15,18). The van der Waals surface area contributed by atoms with E-state index < -0.39 is 0 Å². The molecule has 0 aromatic rings. The maximum atomic E-state index is 11.3. The summed E-state index contributed by atoms with van der Waals surface area (Å²) in [4.78, 5) is 13.6. The fourth-order valence-corrected chi connectivity index (χ4v) is 3.35. The second-order valence-electron chi connectivity index (χ2n) is 5.66. The molecule has 18 heavy (non-hydrogen) atoms. The largest absolute Gasteiger partial charge is 0.360 e. The van der Waals surface area contributed by atoms with Gasteiger partial charge < -0.3 is 10.2 Å². The average molecular weight is 268 g/mol. The van der Waals surface area contributed by atoms with E-state index in [-0.39, 0.29) is 5.92 Å². The van der Waals surface area contributed by atoms with Crippen LogP contribution >= 0.6 is 12.2 Å². The number of ketones is 1. The Morgan fingerprint density at radius 3 is 2.28 bits per heavy atom. The number of piperidine rings is 1. The van der Waals surface area contributed by atoms with Crippen LogP contribution in [-0.4, -0.2) is 34.9 Å². The first kappa shape index (κ1) is 13.8. The van der Waals surface area contributed by atoms with Crippen molar-refractivity contribution in [3.05, 3.63) is 0 Å². The van der Waals surface area contributed by atoms with Crippen LogP contribution in [0.3, 0.4) is 0 Å². The Bertz CT molecular complexity index is 305. The summed E-state index contributed by atoms with van der Waals surface area (Å²) >= 11 is 5.49. The zero-order chi connectivity index (χ0) is 13.0. The van der Waals surface area contributed by atoms with Crippen LogP contribution in [-0.2, 0) is 4.79 Å². The van der Waals surface area contributed by atoms with Gasteiger partial charge in [-0.15, -0.1) is 0 Å². The molecule has 0 radical (unpaired) electrons. The molecule has 0 aromatic carbocycles. The smallest absolute Gasteiger partial charge is 0.169 e. The normalized spacial score (nSPS) is 22.8. The van der Waals surface area contributed by atoms with Crippen molar-refractivity contribution in [3.8, 4) is 0 Å². The van der Waals surface area contributed by atoms with E-state index in [9.17, 15) is 4.79 Å². The molecule has 1 aliphatic carbocycles. The van der Waals surface area contributed by atoms with Crippen LogP contribution in [0.15, 0.2) is 0 Å². The number of likely N-dealkylation sites (tertiary alicyclic amines) is 1. The monoisotopic (exact) mass is 268 g/mol. The zero-order valence-corrected chi connectivity index (χ0v) is 12.1. The summed E-state index contributed by atoms with van der Waals surface area (Å²) < 4.78 is 0. The fourth-order valence-electron chi connectivity index (χ4n) is 3.00. The van der Waals surface area contributed by atoms with E-state index in [0.717, 1.165) is 31.0 Å². The van der Waals surface area contributed by atoms with Crippen LogP contribution in [0.5, 0.6) is 0 Å². The molecular formula is C14H24N2OS. The number of rotatable bonds is 2. The van der Waals surface area contributed by atoms with Crippen LogP contribution in [0.25, 0.3) is 0 Å². The van der Waals surface area contributed by atoms with Crippen molar-refractivity contribution in [1.29, 1.82) is 0 Å². The lowest BCUT2D eigenvalue weighted by atomic mass is 9.93. The van der Waals surface area contributed by atoms with Crippen LogP contribution in [0.2, 0.25) is 0 Å². The van der Waals surface area contributed by atoms with E-state index in [1.165, 1.54) is 32.1 Å². The summed E-state index contributed by atoms with van der Waals surface area (Å²) in [6.45, 7) is 3.57. The minimum absolute atomic E-state index is 0.263. The van der Waals surface area contributed by atoms with Crippen LogP contribution in [0, 0.1) is 5.92 Å². The topological polar surface area (TPSA) is 32.3 Å². The lowest BCUT2D eigenvalue weighted by Gasteiger charge is -2.35. The van der Waals surface area contributed by atoms with Gasteiger partial charge in [-0.3, -0.25) is 4.79 Å². The Labute approximate surface area is 115 Å². The minimum Gasteiger partial charge on any atom is -0.360 e. The molecule has 0 amide bonds. The third kappa shape index (κ3) is 3.67. The van der Waals surface area contributed by atoms with Crippen molar-refractivity contribution in [2.75, 3.05) is 13.1 Å². The number of Topliss-reactive ketones (excluding diaryl/α,β-unsaturated/α-hetero) is 1. The van der Waals surface area contributed by atoms with Gasteiger partial charge >= 0.3 is 0 Å². The molecule has 2 fully saturated rings. The number of thiocarbonyl (C=S) groups is 1. The highest BCUT2D eigenvalue weighted by Gasteiger charge is 2.24. The number of carbonyl (C=O) groups excluding carboxylic acids is 1. The van der Waals surface area contributed by atoms with E-state index in [4.69, 9.17) is 12.2 Å². The van der Waals surface area contributed by atoms with Gasteiger partial charge in [0.25, 0.3) is 0 Å². The molecule has 2 rings (SSSR count). The Kier molecular flexibility index (Phi) is 4.98. The molecule has 4 heteroatoms. The molecule has 1 N–H and O–H groups in total. The maximum absolute atomic E-state index is 11.3. The Morgan fingerprint density at radius 1 is 1.11 bits per heavy atom. The molecule has 0 bridgehead atoms. The van der Waals surface area contributed by atoms with E-state index in [1.54, 1.807) is 6.92 Å². The summed E-state index contributed by atoms with van der Waals surface area (Å²) in [6, 6.07) is 0.580. The van der Waals surface area contributed by atoms with E-state index in [0.29, 0.717) is 11.8 Å². The van der Waals surface area contributed by atoms with Gasteiger partial charge in [-0.1, -0.05) is 19.3 Å². The average Bonchev–Trinajstić information content (AvgIpc) is 2.40. The highest BCUT2D eigenvalue weighted by Crippen LogP contribution is 2.20.